The molecule has 1 aromatic rings. The summed E-state index contributed by atoms with van der Waals surface area (Å²) in [4.78, 5) is 16.0. The highest BCUT2D eigenvalue weighted by Gasteiger charge is 2.23. The van der Waals surface area contributed by atoms with Gasteiger partial charge in [0, 0.05) is 29.9 Å². The Bertz CT molecular complexity index is 363. The lowest BCUT2D eigenvalue weighted by atomic mass is 9.84. The third kappa shape index (κ3) is 3.42. The monoisotopic (exact) mass is 220 g/mol. The Hall–Kier alpha value is -1.22. The number of nitrogens with two attached hydrogens (primary N) is 1. The minimum Gasteiger partial charge on any atom is -0.327 e. The first-order valence-corrected chi connectivity index (χ1v) is 5.52. The lowest BCUT2D eigenvalue weighted by Crippen LogP contribution is -2.36. The van der Waals surface area contributed by atoms with E-state index in [1.54, 1.807) is 12.3 Å². The summed E-state index contributed by atoms with van der Waals surface area (Å²) in [7, 11) is 0. The molecule has 0 bridgehead atoms. The summed E-state index contributed by atoms with van der Waals surface area (Å²) in [5.41, 5.74) is 7.49. The topological polar surface area (TPSA) is 56.0 Å². The third-order valence-corrected chi connectivity index (χ3v) is 2.75. The van der Waals surface area contributed by atoms with E-state index in [0.717, 1.165) is 5.69 Å². The maximum absolute atomic E-state index is 11.9. The van der Waals surface area contributed by atoms with E-state index >= 15 is 0 Å². The smallest absolute Gasteiger partial charge is 0.165 e. The molecule has 88 valence electrons. The molecule has 1 atom stereocenters. The fourth-order valence-electron chi connectivity index (χ4n) is 1.26. The highest BCUT2D eigenvalue weighted by atomic mass is 16.1. The van der Waals surface area contributed by atoms with Crippen LogP contribution in [-0.4, -0.2) is 16.8 Å². The number of pyridine rings is 1. The van der Waals surface area contributed by atoms with Gasteiger partial charge in [-0.3, -0.25) is 9.78 Å². The van der Waals surface area contributed by atoms with Crippen molar-refractivity contribution < 1.29 is 4.79 Å². The number of hydrogen-bond donors (Lipinski definition) is 1. The molecule has 0 aliphatic heterocycles. The van der Waals surface area contributed by atoms with Crippen molar-refractivity contribution in [2.75, 3.05) is 0 Å². The van der Waals surface area contributed by atoms with Crippen LogP contribution in [0.2, 0.25) is 0 Å². The van der Waals surface area contributed by atoms with Crippen molar-refractivity contribution in [3.8, 4) is 0 Å². The van der Waals surface area contributed by atoms with Crippen molar-refractivity contribution >= 4 is 5.78 Å². The minimum absolute atomic E-state index is 0.0478. The molecule has 16 heavy (non-hydrogen) atoms. The highest BCUT2D eigenvalue weighted by Crippen LogP contribution is 2.21. The Labute approximate surface area is 97.1 Å². The van der Waals surface area contributed by atoms with Gasteiger partial charge in [-0.05, 0) is 24.5 Å². The van der Waals surface area contributed by atoms with Crippen LogP contribution in [-0.2, 0) is 0 Å². The molecule has 1 rings (SSSR count). The van der Waals surface area contributed by atoms with E-state index < -0.39 is 0 Å². The van der Waals surface area contributed by atoms with Crippen LogP contribution in [0.1, 0.15) is 43.2 Å². The number of aromatic nitrogens is 1. The van der Waals surface area contributed by atoms with Crippen molar-refractivity contribution in [2.24, 2.45) is 11.1 Å². The molecule has 1 heterocycles. The largest absolute Gasteiger partial charge is 0.327 e. The van der Waals surface area contributed by atoms with E-state index in [0.29, 0.717) is 12.0 Å². The van der Waals surface area contributed by atoms with Gasteiger partial charge in [-0.25, -0.2) is 0 Å². The number of rotatable bonds is 3. The SMILES string of the molecule is Cc1ccc(C(=O)CC(N)C(C)(C)C)cn1. The fourth-order valence-corrected chi connectivity index (χ4v) is 1.26. The van der Waals surface area contributed by atoms with Gasteiger partial charge in [-0.15, -0.1) is 0 Å². The van der Waals surface area contributed by atoms with Crippen LogP contribution < -0.4 is 5.73 Å². The minimum atomic E-state index is -0.124. The van der Waals surface area contributed by atoms with Gasteiger partial charge in [-0.1, -0.05) is 20.8 Å². The summed E-state index contributed by atoms with van der Waals surface area (Å²) in [5.74, 6) is 0.0647. The molecule has 0 aliphatic carbocycles. The molecule has 0 aromatic carbocycles. The van der Waals surface area contributed by atoms with Crippen molar-refractivity contribution in [3.05, 3.63) is 29.6 Å². The van der Waals surface area contributed by atoms with E-state index in [1.807, 2.05) is 33.8 Å². The van der Waals surface area contributed by atoms with Crippen LogP contribution in [0.4, 0.5) is 0 Å². The van der Waals surface area contributed by atoms with Gasteiger partial charge in [0.15, 0.2) is 5.78 Å². The second kappa shape index (κ2) is 4.74. The van der Waals surface area contributed by atoms with Gasteiger partial charge in [0.2, 0.25) is 0 Å². The number of hydrogen-bond acceptors (Lipinski definition) is 3. The van der Waals surface area contributed by atoms with E-state index in [4.69, 9.17) is 5.73 Å². The first-order valence-electron chi connectivity index (χ1n) is 5.52. The number of nitrogens with zero attached hydrogens (tertiary/aromatic N) is 1. The Kier molecular flexibility index (Phi) is 3.81. The number of ketones is 1. The summed E-state index contributed by atoms with van der Waals surface area (Å²) in [6.45, 7) is 8.02. The van der Waals surface area contributed by atoms with Gasteiger partial charge in [0.1, 0.15) is 0 Å². The quantitative estimate of drug-likeness (QED) is 0.795. The zero-order chi connectivity index (χ0) is 12.3. The molecule has 0 radical (unpaired) electrons. The lowest BCUT2D eigenvalue weighted by Gasteiger charge is -2.26. The van der Waals surface area contributed by atoms with Crippen molar-refractivity contribution in [2.45, 2.75) is 40.2 Å². The molecule has 3 heteroatoms. The van der Waals surface area contributed by atoms with Crippen LogP contribution in [0.3, 0.4) is 0 Å². The molecule has 0 aliphatic rings. The van der Waals surface area contributed by atoms with Gasteiger partial charge >= 0.3 is 0 Å². The van der Waals surface area contributed by atoms with E-state index in [2.05, 4.69) is 4.98 Å². The van der Waals surface area contributed by atoms with Gasteiger partial charge < -0.3 is 5.73 Å². The van der Waals surface area contributed by atoms with Crippen molar-refractivity contribution in [1.82, 2.24) is 4.98 Å². The highest BCUT2D eigenvalue weighted by molar-refractivity contribution is 5.96. The predicted octanol–water partition coefficient (Wildman–Crippen LogP) is 2.34. The Morgan fingerprint density at radius 1 is 1.44 bits per heavy atom. The molecule has 3 nitrogen and oxygen atoms in total. The maximum Gasteiger partial charge on any atom is 0.165 e. The molecule has 2 N–H and O–H groups in total. The molecule has 0 amide bonds. The van der Waals surface area contributed by atoms with Gasteiger partial charge in [0.05, 0.1) is 0 Å². The first-order chi connectivity index (χ1) is 7.30. The summed E-state index contributed by atoms with van der Waals surface area (Å²) in [6.07, 6.45) is 1.99. The predicted molar refractivity (Wildman–Crippen MR) is 65.4 cm³/mol. The Morgan fingerprint density at radius 3 is 2.50 bits per heavy atom. The fraction of sp³-hybridized carbons (Fsp3) is 0.538. The summed E-state index contributed by atoms with van der Waals surface area (Å²) < 4.78 is 0. The number of carbonyl (C=O) groups excluding carboxylic acids is 1. The molecule has 0 fully saturated rings. The van der Waals surface area contributed by atoms with E-state index in [1.165, 1.54) is 0 Å². The molecular weight excluding hydrogens is 200 g/mol. The van der Waals surface area contributed by atoms with E-state index in [9.17, 15) is 4.79 Å². The summed E-state index contributed by atoms with van der Waals surface area (Å²) in [5, 5.41) is 0. The van der Waals surface area contributed by atoms with Gasteiger partial charge in [0.25, 0.3) is 0 Å². The van der Waals surface area contributed by atoms with Crippen LogP contribution >= 0.6 is 0 Å². The summed E-state index contributed by atoms with van der Waals surface area (Å²) in [6, 6.07) is 3.52. The van der Waals surface area contributed by atoms with Crippen LogP contribution in [0.5, 0.6) is 0 Å². The lowest BCUT2D eigenvalue weighted by molar-refractivity contribution is 0.0953. The van der Waals surface area contributed by atoms with Gasteiger partial charge in [-0.2, -0.15) is 0 Å². The molecule has 0 spiro atoms. The van der Waals surface area contributed by atoms with Crippen molar-refractivity contribution in [3.63, 3.8) is 0 Å². The first kappa shape index (κ1) is 12.8. The second-order valence-electron chi connectivity index (χ2n) is 5.29. The zero-order valence-electron chi connectivity index (χ0n) is 10.4. The molecule has 1 aromatic heterocycles. The van der Waals surface area contributed by atoms with Crippen LogP contribution in [0.25, 0.3) is 0 Å². The maximum atomic E-state index is 11.9. The average Bonchev–Trinajstić information content (AvgIpc) is 2.17. The standard InChI is InChI=1S/C13H20N2O/c1-9-5-6-10(8-15-9)11(16)7-12(14)13(2,3)4/h5-6,8,12H,7,14H2,1-4H3. The summed E-state index contributed by atoms with van der Waals surface area (Å²) >= 11 is 0. The second-order valence-corrected chi connectivity index (χ2v) is 5.29. The molecular formula is C13H20N2O. The van der Waals surface area contributed by atoms with E-state index in [-0.39, 0.29) is 17.2 Å². The number of Topliss-reactive ketones (excluding diaryl/α,β-unsaturated/α-hetero) is 1. The number of aryl methyl sites for hydroxylation is 1. The molecule has 0 saturated heterocycles. The third-order valence-electron chi connectivity index (χ3n) is 2.75. The number of carbonyl (C=O) groups is 1. The average molecular weight is 220 g/mol. The van der Waals surface area contributed by atoms with Crippen molar-refractivity contribution in [1.29, 1.82) is 0 Å². The zero-order valence-corrected chi connectivity index (χ0v) is 10.4. The Balaban J connectivity index is 2.70. The normalized spacial score (nSPS) is 13.6. The van der Waals surface area contributed by atoms with Crippen LogP contribution in [0.15, 0.2) is 18.3 Å². The Morgan fingerprint density at radius 2 is 2.06 bits per heavy atom. The molecule has 0 saturated carbocycles. The molecule has 1 unspecified atom stereocenters. The van der Waals surface area contributed by atoms with Crippen LogP contribution in [0, 0.1) is 12.3 Å².